The number of nitrogens with one attached hydrogen (secondary N) is 1. The third-order valence-electron chi connectivity index (χ3n) is 5.68. The van der Waals surface area contributed by atoms with E-state index in [0.29, 0.717) is 13.1 Å². The van der Waals surface area contributed by atoms with Crippen LogP contribution in [0.5, 0.6) is 5.75 Å². The number of carboxylic acids is 1. The van der Waals surface area contributed by atoms with E-state index in [-0.39, 0.29) is 18.8 Å². The van der Waals surface area contributed by atoms with Crippen molar-refractivity contribution in [3.63, 3.8) is 0 Å². The number of benzene rings is 3. The average molecular weight is 480 g/mol. The van der Waals surface area contributed by atoms with Gasteiger partial charge in [0.15, 0.2) is 0 Å². The molecule has 0 spiro atoms. The summed E-state index contributed by atoms with van der Waals surface area (Å²) in [6, 6.07) is 17.7. The Morgan fingerprint density at radius 1 is 0.912 bits per heavy atom. The number of hydrogen-bond acceptors (Lipinski definition) is 5. The van der Waals surface area contributed by atoms with Crippen molar-refractivity contribution >= 4 is 32.6 Å². The summed E-state index contributed by atoms with van der Waals surface area (Å²) < 4.78 is 28.2. The van der Waals surface area contributed by atoms with E-state index in [0.717, 1.165) is 27.6 Å². The van der Waals surface area contributed by atoms with E-state index in [1.165, 1.54) is 11.2 Å². The number of nitrogens with zero attached hydrogens (tertiary/aromatic N) is 2. The van der Waals surface area contributed by atoms with Gasteiger partial charge in [0, 0.05) is 43.0 Å². The van der Waals surface area contributed by atoms with Crippen LogP contribution in [0, 0.1) is 11.8 Å². The molecule has 1 aliphatic heterocycles. The largest absolute Gasteiger partial charge is 0.508 e. The van der Waals surface area contributed by atoms with Crippen LogP contribution in [0.4, 0.5) is 5.69 Å². The molecule has 1 fully saturated rings. The Morgan fingerprint density at radius 3 is 2.18 bits per heavy atom. The maximum Gasteiger partial charge on any atom is 0.321 e. The lowest BCUT2D eigenvalue weighted by Gasteiger charge is -2.35. The molecular weight excluding hydrogens is 454 g/mol. The fourth-order valence-electron chi connectivity index (χ4n) is 3.75. The molecule has 1 atom stereocenters. The second-order valence-corrected chi connectivity index (χ2v) is 9.81. The second-order valence-electron chi connectivity index (χ2n) is 8.11. The Morgan fingerprint density at radius 2 is 1.50 bits per heavy atom. The van der Waals surface area contributed by atoms with E-state index in [4.69, 9.17) is 5.11 Å². The van der Waals surface area contributed by atoms with Crippen molar-refractivity contribution in [3.8, 4) is 17.6 Å². The van der Waals surface area contributed by atoms with Crippen LogP contribution in [0.3, 0.4) is 0 Å². The van der Waals surface area contributed by atoms with Gasteiger partial charge in [-0.15, -0.1) is 0 Å². The van der Waals surface area contributed by atoms with Gasteiger partial charge in [-0.1, -0.05) is 24.0 Å². The minimum atomic E-state index is -3.84. The predicted molar refractivity (Wildman–Crippen MR) is 131 cm³/mol. The zero-order chi connectivity index (χ0) is 24.3. The third kappa shape index (κ3) is 5.48. The van der Waals surface area contributed by atoms with Crippen molar-refractivity contribution in [1.82, 2.24) is 9.03 Å². The Kier molecular flexibility index (Phi) is 6.75. The number of anilines is 1. The molecule has 1 heterocycles. The molecular formula is C25H25N3O5S. The summed E-state index contributed by atoms with van der Waals surface area (Å²) in [6.07, 6.45) is 0. The van der Waals surface area contributed by atoms with Gasteiger partial charge in [-0.3, -0.25) is 4.79 Å². The summed E-state index contributed by atoms with van der Waals surface area (Å²) in [5, 5.41) is 20.5. The zero-order valence-corrected chi connectivity index (χ0v) is 19.4. The minimum absolute atomic E-state index is 0.235. The molecule has 34 heavy (non-hydrogen) atoms. The van der Waals surface area contributed by atoms with Crippen LogP contribution in [0.15, 0.2) is 60.7 Å². The molecule has 9 heteroatoms. The smallest absolute Gasteiger partial charge is 0.321 e. The van der Waals surface area contributed by atoms with Crippen LogP contribution >= 0.6 is 0 Å². The van der Waals surface area contributed by atoms with Crippen LogP contribution in [-0.2, 0) is 15.0 Å². The molecule has 1 saturated heterocycles. The van der Waals surface area contributed by atoms with E-state index >= 15 is 0 Å². The lowest BCUT2D eigenvalue weighted by atomic mass is 10.1. The summed E-state index contributed by atoms with van der Waals surface area (Å²) in [5.41, 5.74) is 2.72. The predicted octanol–water partition coefficient (Wildman–Crippen LogP) is 2.37. The molecule has 0 unspecified atom stereocenters. The molecule has 0 saturated carbocycles. The Hall–Kier alpha value is -3.58. The number of phenolic OH excluding ortho intramolecular Hbond substituents is 1. The van der Waals surface area contributed by atoms with Gasteiger partial charge in [-0.25, -0.2) is 0 Å². The van der Waals surface area contributed by atoms with Gasteiger partial charge in [-0.05, 0) is 66.2 Å². The van der Waals surface area contributed by atoms with Gasteiger partial charge in [0.05, 0.1) is 0 Å². The minimum Gasteiger partial charge on any atom is -0.508 e. The number of aromatic hydroxyl groups is 1. The van der Waals surface area contributed by atoms with E-state index in [1.54, 1.807) is 12.1 Å². The maximum atomic E-state index is 12.4. The molecule has 1 aliphatic rings. The van der Waals surface area contributed by atoms with Gasteiger partial charge in [-0.2, -0.15) is 17.4 Å². The van der Waals surface area contributed by atoms with Crippen molar-refractivity contribution < 1.29 is 23.4 Å². The monoisotopic (exact) mass is 479 g/mol. The number of carbonyl (C=O) groups is 1. The Bertz CT molecular complexity index is 1370. The van der Waals surface area contributed by atoms with Gasteiger partial charge >= 0.3 is 5.97 Å². The van der Waals surface area contributed by atoms with E-state index < -0.39 is 22.2 Å². The highest BCUT2D eigenvalue weighted by molar-refractivity contribution is 7.87. The quantitative estimate of drug-likeness (QED) is 0.485. The van der Waals surface area contributed by atoms with E-state index in [1.807, 2.05) is 48.5 Å². The number of fused-ring (bicyclic) bond motifs is 1. The van der Waals surface area contributed by atoms with Crippen molar-refractivity contribution in [2.45, 2.75) is 13.0 Å². The molecule has 176 valence electrons. The van der Waals surface area contributed by atoms with Crippen LogP contribution in [0.25, 0.3) is 10.8 Å². The average Bonchev–Trinajstić information content (AvgIpc) is 2.83. The fraction of sp³-hybridized carbons (Fsp3) is 0.240. The molecule has 3 aromatic rings. The number of aliphatic carboxylic acids is 1. The second kappa shape index (κ2) is 9.73. The third-order valence-corrected chi connectivity index (χ3v) is 7.38. The highest BCUT2D eigenvalue weighted by Gasteiger charge is 2.29. The zero-order valence-electron chi connectivity index (χ0n) is 18.6. The maximum absolute atomic E-state index is 12.4. The Labute approximate surface area is 198 Å². The van der Waals surface area contributed by atoms with E-state index in [9.17, 15) is 18.3 Å². The molecule has 3 aromatic carbocycles. The summed E-state index contributed by atoms with van der Waals surface area (Å²) in [7, 11) is -3.84. The van der Waals surface area contributed by atoms with Crippen molar-refractivity contribution in [3.05, 3.63) is 71.8 Å². The normalized spacial score (nSPS) is 15.5. The SMILES string of the molecule is C[C@@H](NS(=O)(=O)N1CCN(c2ccc(C#Cc3ccc4cc(O)ccc4c3)cc2)CC1)C(=O)O. The molecule has 8 nitrogen and oxygen atoms in total. The fourth-order valence-corrected chi connectivity index (χ4v) is 5.09. The van der Waals surface area contributed by atoms with Gasteiger partial charge in [0.1, 0.15) is 11.8 Å². The molecule has 0 radical (unpaired) electrons. The van der Waals surface area contributed by atoms with Crippen molar-refractivity contribution in [2.75, 3.05) is 31.1 Å². The van der Waals surface area contributed by atoms with Crippen molar-refractivity contribution in [2.24, 2.45) is 0 Å². The Balaban J connectivity index is 1.38. The van der Waals surface area contributed by atoms with Gasteiger partial charge in [0.25, 0.3) is 10.2 Å². The molecule has 0 aromatic heterocycles. The first-order valence-corrected chi connectivity index (χ1v) is 12.3. The summed E-state index contributed by atoms with van der Waals surface area (Å²) in [5.74, 6) is 5.34. The standard InChI is InChI=1S/C25H25N3O5S/c1-18(25(30)31)26-34(32,33)28-14-12-27(13-15-28)23-9-5-19(6-10-23)2-3-20-4-7-22-17-24(29)11-8-21(22)16-20/h4-11,16-18,26,29H,12-15H2,1H3,(H,30,31)/t18-/m1/s1. The number of piperazine rings is 1. The van der Waals surface area contributed by atoms with Crippen molar-refractivity contribution in [1.29, 1.82) is 0 Å². The first-order valence-electron chi connectivity index (χ1n) is 10.8. The lowest BCUT2D eigenvalue weighted by Crippen LogP contribution is -2.54. The van der Waals surface area contributed by atoms with Gasteiger partial charge < -0.3 is 15.1 Å². The van der Waals surface area contributed by atoms with Gasteiger partial charge in [0.2, 0.25) is 0 Å². The number of rotatable bonds is 5. The topological polar surface area (TPSA) is 110 Å². The summed E-state index contributed by atoms with van der Waals surface area (Å²) in [6.45, 7) is 2.83. The molecule has 3 N–H and O–H groups in total. The van der Waals surface area contributed by atoms with Crippen LogP contribution < -0.4 is 9.62 Å². The first kappa shape index (κ1) is 23.6. The summed E-state index contributed by atoms with van der Waals surface area (Å²) >= 11 is 0. The summed E-state index contributed by atoms with van der Waals surface area (Å²) in [4.78, 5) is 13.0. The molecule has 0 bridgehead atoms. The highest BCUT2D eigenvalue weighted by Crippen LogP contribution is 2.21. The van der Waals surface area contributed by atoms with Crippen LogP contribution in [0.1, 0.15) is 18.1 Å². The van der Waals surface area contributed by atoms with E-state index in [2.05, 4.69) is 21.5 Å². The van der Waals surface area contributed by atoms with Crippen LogP contribution in [-0.4, -0.2) is 61.1 Å². The number of hydrogen-bond donors (Lipinski definition) is 3. The number of phenols is 1. The molecule has 0 aliphatic carbocycles. The molecule has 4 rings (SSSR count). The number of carboxylic acid groups (broad SMARTS) is 1. The van der Waals surface area contributed by atoms with Crippen LogP contribution in [0.2, 0.25) is 0 Å². The first-order chi connectivity index (χ1) is 16.2. The molecule has 0 amide bonds. The highest BCUT2D eigenvalue weighted by atomic mass is 32.2. The lowest BCUT2D eigenvalue weighted by molar-refractivity contribution is -0.138.